The predicted octanol–water partition coefficient (Wildman–Crippen LogP) is 0.663. The van der Waals surface area contributed by atoms with Gasteiger partial charge in [-0.2, -0.15) is 9.50 Å². The first kappa shape index (κ1) is 15.2. The maximum atomic E-state index is 12.1. The van der Waals surface area contributed by atoms with Crippen molar-refractivity contribution >= 4 is 37.4 Å². The maximum absolute atomic E-state index is 12.1. The van der Waals surface area contributed by atoms with Crippen LogP contribution in [0.2, 0.25) is 0 Å². The normalized spacial score (nSPS) is 19.3. The molecule has 3 rings (SSSR count). The first-order valence-corrected chi connectivity index (χ1v) is 9.14. The number of anilines is 1. The van der Waals surface area contributed by atoms with Crippen LogP contribution in [0.3, 0.4) is 0 Å². The molecule has 22 heavy (non-hydrogen) atoms. The van der Waals surface area contributed by atoms with Crippen molar-refractivity contribution in [2.45, 2.75) is 20.3 Å². The summed E-state index contributed by atoms with van der Waals surface area (Å²) in [5, 5.41) is 4.28. The van der Waals surface area contributed by atoms with E-state index in [2.05, 4.69) is 15.1 Å². The van der Waals surface area contributed by atoms with E-state index in [4.69, 9.17) is 10.7 Å². The van der Waals surface area contributed by atoms with Crippen molar-refractivity contribution in [2.24, 2.45) is 5.92 Å². The molecule has 0 aromatic carbocycles. The molecular weight excluding hydrogens is 330 g/mol. The Morgan fingerprint density at radius 3 is 2.77 bits per heavy atom. The molecular formula is C12H14ClN5O3S. The topological polar surface area (TPSA) is 97.5 Å². The first-order valence-electron chi connectivity index (χ1n) is 6.66. The summed E-state index contributed by atoms with van der Waals surface area (Å²) in [4.78, 5) is 22.0. The summed E-state index contributed by atoms with van der Waals surface area (Å²) in [5.41, 5.74) is 1.66. The second-order valence-electron chi connectivity index (χ2n) is 5.44. The number of rotatable bonds is 3. The van der Waals surface area contributed by atoms with Crippen LogP contribution in [0.25, 0.3) is 5.78 Å². The summed E-state index contributed by atoms with van der Waals surface area (Å²) in [6.07, 6.45) is 0.118. The zero-order chi connectivity index (χ0) is 16.1. The molecule has 1 saturated heterocycles. The highest BCUT2D eigenvalue weighted by Gasteiger charge is 2.35. The standard InChI is InChI=1S/C12H14ClN5O3S/c1-7-3-8(2)18-11(14-7)15-12(16-18)17-5-9(4-10(17)19)6-22(13,20)21/h3,9H,4-6H2,1-2H3. The predicted molar refractivity (Wildman–Crippen MR) is 80.4 cm³/mol. The number of halogens is 1. The van der Waals surface area contributed by atoms with E-state index in [1.807, 2.05) is 19.9 Å². The van der Waals surface area contributed by atoms with Gasteiger partial charge < -0.3 is 0 Å². The lowest BCUT2D eigenvalue weighted by atomic mass is 10.1. The Balaban J connectivity index is 1.91. The molecule has 0 bridgehead atoms. The van der Waals surface area contributed by atoms with E-state index in [1.54, 1.807) is 4.52 Å². The van der Waals surface area contributed by atoms with Gasteiger partial charge in [-0.3, -0.25) is 9.69 Å². The molecule has 2 aromatic rings. The number of amides is 1. The molecule has 0 saturated carbocycles. The second kappa shape index (κ2) is 5.17. The third-order valence-electron chi connectivity index (χ3n) is 3.49. The number of hydrogen-bond donors (Lipinski definition) is 0. The van der Waals surface area contributed by atoms with Crippen molar-refractivity contribution in [3.63, 3.8) is 0 Å². The van der Waals surface area contributed by atoms with Gasteiger partial charge in [-0.15, -0.1) is 5.10 Å². The van der Waals surface area contributed by atoms with Crippen LogP contribution in [0.5, 0.6) is 0 Å². The quantitative estimate of drug-likeness (QED) is 0.759. The number of hydrogen-bond acceptors (Lipinski definition) is 6. The number of aryl methyl sites for hydroxylation is 2. The van der Waals surface area contributed by atoms with E-state index < -0.39 is 9.05 Å². The highest BCUT2D eigenvalue weighted by Crippen LogP contribution is 2.25. The number of carbonyl (C=O) groups is 1. The van der Waals surface area contributed by atoms with Crippen LogP contribution in [0, 0.1) is 19.8 Å². The molecule has 0 radical (unpaired) electrons. The third-order valence-corrected chi connectivity index (χ3v) is 4.74. The Kier molecular flexibility index (Phi) is 3.56. The molecule has 0 N–H and O–H groups in total. The van der Waals surface area contributed by atoms with Crippen molar-refractivity contribution in [1.29, 1.82) is 0 Å². The van der Waals surface area contributed by atoms with E-state index in [0.717, 1.165) is 11.4 Å². The molecule has 118 valence electrons. The highest BCUT2D eigenvalue weighted by atomic mass is 35.7. The van der Waals surface area contributed by atoms with Crippen molar-refractivity contribution in [3.8, 4) is 0 Å². The number of nitrogens with zero attached hydrogens (tertiary/aromatic N) is 5. The Bertz CT molecular complexity index is 863. The number of aromatic nitrogens is 4. The molecule has 1 fully saturated rings. The molecule has 10 heteroatoms. The molecule has 8 nitrogen and oxygen atoms in total. The smallest absolute Gasteiger partial charge is 0.254 e. The molecule has 1 atom stereocenters. The Morgan fingerprint density at radius 2 is 2.09 bits per heavy atom. The summed E-state index contributed by atoms with van der Waals surface area (Å²) in [5.74, 6) is -0.150. The molecule has 1 aliphatic heterocycles. The van der Waals surface area contributed by atoms with Crippen molar-refractivity contribution in [1.82, 2.24) is 19.6 Å². The Morgan fingerprint density at radius 1 is 1.36 bits per heavy atom. The van der Waals surface area contributed by atoms with Gasteiger partial charge in [-0.1, -0.05) is 0 Å². The van der Waals surface area contributed by atoms with Crippen LogP contribution in [0.15, 0.2) is 6.07 Å². The van der Waals surface area contributed by atoms with Crippen molar-refractivity contribution in [2.75, 3.05) is 17.2 Å². The van der Waals surface area contributed by atoms with Gasteiger partial charge in [-0.25, -0.2) is 13.4 Å². The van der Waals surface area contributed by atoms with Crippen molar-refractivity contribution < 1.29 is 13.2 Å². The zero-order valence-electron chi connectivity index (χ0n) is 12.0. The fraction of sp³-hybridized carbons (Fsp3) is 0.500. The van der Waals surface area contributed by atoms with E-state index in [1.165, 1.54) is 4.90 Å². The average Bonchev–Trinajstić information content (AvgIpc) is 2.90. The lowest BCUT2D eigenvalue weighted by molar-refractivity contribution is -0.117. The second-order valence-corrected chi connectivity index (χ2v) is 8.26. The van der Waals surface area contributed by atoms with Crippen LogP contribution < -0.4 is 4.90 Å². The van der Waals surface area contributed by atoms with Crippen LogP contribution >= 0.6 is 10.7 Å². The van der Waals surface area contributed by atoms with Gasteiger partial charge >= 0.3 is 0 Å². The minimum Gasteiger partial charge on any atom is -0.279 e. The minimum absolute atomic E-state index is 0.118. The maximum Gasteiger partial charge on any atom is 0.254 e. The fourth-order valence-corrected chi connectivity index (χ4v) is 3.96. The summed E-state index contributed by atoms with van der Waals surface area (Å²) in [6.45, 7) is 3.96. The fourth-order valence-electron chi connectivity index (χ4n) is 2.64. The van der Waals surface area contributed by atoms with Gasteiger partial charge in [0, 0.05) is 41.0 Å². The number of fused-ring (bicyclic) bond motifs is 1. The van der Waals surface area contributed by atoms with Crippen LogP contribution in [-0.2, 0) is 13.8 Å². The van der Waals surface area contributed by atoms with E-state index >= 15 is 0 Å². The van der Waals surface area contributed by atoms with Crippen LogP contribution in [0.4, 0.5) is 5.95 Å². The van der Waals surface area contributed by atoms with Crippen LogP contribution in [-0.4, -0.2) is 46.2 Å². The van der Waals surface area contributed by atoms with Gasteiger partial charge in [0.05, 0.1) is 5.75 Å². The van der Waals surface area contributed by atoms with E-state index in [0.29, 0.717) is 5.78 Å². The Labute approximate surface area is 131 Å². The van der Waals surface area contributed by atoms with Gasteiger partial charge in [0.15, 0.2) is 0 Å². The highest BCUT2D eigenvalue weighted by molar-refractivity contribution is 8.13. The average molecular weight is 344 g/mol. The van der Waals surface area contributed by atoms with Gasteiger partial charge in [0.2, 0.25) is 15.0 Å². The van der Waals surface area contributed by atoms with E-state index in [-0.39, 0.29) is 36.5 Å². The molecule has 2 aromatic heterocycles. The third kappa shape index (κ3) is 2.91. The number of carbonyl (C=O) groups excluding carboxylic acids is 1. The van der Waals surface area contributed by atoms with E-state index in [9.17, 15) is 13.2 Å². The Hall–Kier alpha value is -1.74. The molecule has 1 aliphatic rings. The van der Waals surface area contributed by atoms with Crippen molar-refractivity contribution in [3.05, 3.63) is 17.5 Å². The summed E-state index contributed by atoms with van der Waals surface area (Å²) in [6, 6.07) is 1.86. The monoisotopic (exact) mass is 343 g/mol. The lowest BCUT2D eigenvalue weighted by Gasteiger charge is -2.10. The van der Waals surface area contributed by atoms with Crippen LogP contribution in [0.1, 0.15) is 17.8 Å². The zero-order valence-corrected chi connectivity index (χ0v) is 13.6. The van der Waals surface area contributed by atoms with Gasteiger partial charge in [0.25, 0.3) is 11.7 Å². The minimum atomic E-state index is -3.64. The van der Waals surface area contributed by atoms with Gasteiger partial charge in [-0.05, 0) is 19.9 Å². The molecule has 3 heterocycles. The van der Waals surface area contributed by atoms with Gasteiger partial charge in [0.1, 0.15) is 0 Å². The summed E-state index contributed by atoms with van der Waals surface area (Å²) < 4.78 is 23.9. The lowest BCUT2D eigenvalue weighted by Crippen LogP contribution is -2.26. The largest absolute Gasteiger partial charge is 0.279 e. The first-order chi connectivity index (χ1) is 10.2. The molecule has 1 unspecified atom stereocenters. The summed E-state index contributed by atoms with van der Waals surface area (Å²) in [7, 11) is 1.62. The molecule has 0 aliphatic carbocycles. The SMILES string of the molecule is Cc1cc(C)n2nc(N3CC(CS(=O)(=O)Cl)CC3=O)nc2n1. The summed E-state index contributed by atoms with van der Waals surface area (Å²) >= 11 is 0. The molecule has 1 amide bonds. The molecule has 0 spiro atoms.